The van der Waals surface area contributed by atoms with Crippen LogP contribution in [0.1, 0.15) is 43.9 Å². The Morgan fingerprint density at radius 2 is 2.07 bits per heavy atom. The topological polar surface area (TPSA) is 9.23 Å². The summed E-state index contributed by atoms with van der Waals surface area (Å²) in [5, 5.41) is 0. The number of ether oxygens (including phenoxy) is 1. The Morgan fingerprint density at radius 3 is 2.73 bits per heavy atom. The number of fused-ring (bicyclic) bond motifs is 1. The van der Waals surface area contributed by atoms with Gasteiger partial charge >= 0.3 is 0 Å². The molecule has 1 aromatic rings. The Morgan fingerprint density at radius 1 is 1.33 bits per heavy atom. The fraction of sp³-hybridized carbons (Fsp3) is 0.538. The van der Waals surface area contributed by atoms with Crippen LogP contribution in [0.25, 0.3) is 0 Å². The maximum atomic E-state index is 5.81. The number of rotatable bonds is 1. The molecule has 0 fully saturated rings. The summed E-state index contributed by atoms with van der Waals surface area (Å²) in [7, 11) is 0. The molecule has 2 rings (SSSR count). The van der Waals surface area contributed by atoms with Gasteiger partial charge in [0, 0.05) is 10.4 Å². The Labute approximate surface area is 100.0 Å². The molecule has 0 bridgehead atoms. The van der Waals surface area contributed by atoms with Crippen LogP contribution in [0.5, 0.6) is 0 Å². The molecule has 0 spiro atoms. The maximum absolute atomic E-state index is 5.81. The van der Waals surface area contributed by atoms with Gasteiger partial charge in [-0.15, -0.1) is 0 Å². The SMILES string of the molecule is CC(C)[C@H]1CO[C@@H](C)c2cc(Br)ccc21. The first-order chi connectivity index (χ1) is 7.09. The van der Waals surface area contributed by atoms with E-state index in [2.05, 4.69) is 54.9 Å². The zero-order valence-corrected chi connectivity index (χ0v) is 11.0. The number of hydrogen-bond donors (Lipinski definition) is 0. The summed E-state index contributed by atoms with van der Waals surface area (Å²) in [6, 6.07) is 6.56. The fourth-order valence-electron chi connectivity index (χ4n) is 2.21. The molecule has 15 heavy (non-hydrogen) atoms. The average molecular weight is 269 g/mol. The maximum Gasteiger partial charge on any atom is 0.0800 e. The lowest BCUT2D eigenvalue weighted by molar-refractivity contribution is 0.0308. The van der Waals surface area contributed by atoms with Crippen molar-refractivity contribution < 1.29 is 4.74 Å². The minimum Gasteiger partial charge on any atom is -0.373 e. The molecule has 0 N–H and O–H groups in total. The second-order valence-electron chi connectivity index (χ2n) is 4.60. The minimum absolute atomic E-state index is 0.229. The van der Waals surface area contributed by atoms with E-state index in [0.29, 0.717) is 11.8 Å². The number of benzene rings is 1. The largest absolute Gasteiger partial charge is 0.373 e. The summed E-state index contributed by atoms with van der Waals surface area (Å²) in [5.74, 6) is 1.18. The second kappa shape index (κ2) is 4.26. The molecular weight excluding hydrogens is 252 g/mol. The molecule has 0 saturated heterocycles. The molecule has 0 saturated carbocycles. The summed E-state index contributed by atoms with van der Waals surface area (Å²) in [4.78, 5) is 0. The smallest absolute Gasteiger partial charge is 0.0800 e. The summed E-state index contributed by atoms with van der Waals surface area (Å²) < 4.78 is 6.95. The molecule has 0 aliphatic carbocycles. The van der Waals surface area contributed by atoms with Crippen LogP contribution >= 0.6 is 15.9 Å². The standard InChI is InChI=1S/C13H17BrO/c1-8(2)13-7-15-9(3)12-6-10(14)4-5-11(12)13/h4-6,8-9,13H,7H2,1-3H3/t9-,13+/m0/s1. The molecule has 0 amide bonds. The van der Waals surface area contributed by atoms with Crippen molar-refractivity contribution in [1.29, 1.82) is 0 Å². The van der Waals surface area contributed by atoms with Gasteiger partial charge in [0.25, 0.3) is 0 Å². The van der Waals surface area contributed by atoms with Crippen LogP contribution in [0.4, 0.5) is 0 Å². The highest BCUT2D eigenvalue weighted by atomic mass is 79.9. The predicted octanol–water partition coefficient (Wildman–Crippen LogP) is 4.28. The highest BCUT2D eigenvalue weighted by Gasteiger charge is 2.27. The summed E-state index contributed by atoms with van der Waals surface area (Å²) in [5.41, 5.74) is 2.81. The summed E-state index contributed by atoms with van der Waals surface area (Å²) >= 11 is 3.52. The normalized spacial score (nSPS) is 25.4. The molecule has 0 unspecified atom stereocenters. The highest BCUT2D eigenvalue weighted by molar-refractivity contribution is 9.10. The lowest BCUT2D eigenvalue weighted by atomic mass is 9.83. The molecule has 1 aliphatic heterocycles. The van der Waals surface area contributed by atoms with Crippen molar-refractivity contribution in [3.8, 4) is 0 Å². The van der Waals surface area contributed by atoms with Gasteiger partial charge < -0.3 is 4.74 Å². The van der Waals surface area contributed by atoms with Crippen molar-refractivity contribution in [2.45, 2.75) is 32.8 Å². The van der Waals surface area contributed by atoms with Gasteiger partial charge in [-0.1, -0.05) is 35.8 Å². The lowest BCUT2D eigenvalue weighted by Crippen LogP contribution is -2.23. The molecule has 1 heterocycles. The molecule has 2 atom stereocenters. The highest BCUT2D eigenvalue weighted by Crippen LogP contribution is 2.38. The molecule has 1 aromatic carbocycles. The zero-order valence-electron chi connectivity index (χ0n) is 9.46. The predicted molar refractivity (Wildman–Crippen MR) is 66.1 cm³/mol. The van der Waals surface area contributed by atoms with Crippen LogP contribution in [0.15, 0.2) is 22.7 Å². The van der Waals surface area contributed by atoms with Crippen LogP contribution in [-0.4, -0.2) is 6.61 Å². The molecular formula is C13H17BrO. The third-order valence-electron chi connectivity index (χ3n) is 3.22. The second-order valence-corrected chi connectivity index (χ2v) is 5.51. The van der Waals surface area contributed by atoms with Gasteiger partial charge in [0.2, 0.25) is 0 Å². The number of halogens is 1. The molecule has 0 radical (unpaired) electrons. The van der Waals surface area contributed by atoms with Crippen molar-refractivity contribution in [3.05, 3.63) is 33.8 Å². The van der Waals surface area contributed by atoms with Crippen LogP contribution in [-0.2, 0) is 4.74 Å². The fourth-order valence-corrected chi connectivity index (χ4v) is 2.59. The molecule has 1 aliphatic rings. The third-order valence-corrected chi connectivity index (χ3v) is 3.71. The third kappa shape index (κ3) is 2.11. The minimum atomic E-state index is 0.229. The van der Waals surface area contributed by atoms with Gasteiger partial charge in [-0.05, 0) is 36.1 Å². The summed E-state index contributed by atoms with van der Waals surface area (Å²) in [6.45, 7) is 7.50. The monoisotopic (exact) mass is 268 g/mol. The van der Waals surface area contributed by atoms with Gasteiger partial charge in [-0.3, -0.25) is 0 Å². The van der Waals surface area contributed by atoms with E-state index in [0.717, 1.165) is 11.1 Å². The first-order valence-electron chi connectivity index (χ1n) is 5.50. The lowest BCUT2D eigenvalue weighted by Gasteiger charge is -2.32. The summed E-state index contributed by atoms with van der Waals surface area (Å²) in [6.07, 6.45) is 0.229. The van der Waals surface area contributed by atoms with E-state index in [1.54, 1.807) is 0 Å². The van der Waals surface area contributed by atoms with Gasteiger partial charge in [0.15, 0.2) is 0 Å². The number of hydrogen-bond acceptors (Lipinski definition) is 1. The first-order valence-corrected chi connectivity index (χ1v) is 6.30. The van der Waals surface area contributed by atoms with E-state index < -0.39 is 0 Å². The quantitative estimate of drug-likeness (QED) is 0.739. The van der Waals surface area contributed by atoms with Gasteiger partial charge in [-0.25, -0.2) is 0 Å². The molecule has 2 heteroatoms. The van der Waals surface area contributed by atoms with Crippen molar-refractivity contribution in [1.82, 2.24) is 0 Å². The Kier molecular flexibility index (Phi) is 3.17. The van der Waals surface area contributed by atoms with E-state index in [-0.39, 0.29) is 6.10 Å². The Bertz CT molecular complexity index is 360. The zero-order chi connectivity index (χ0) is 11.0. The molecule has 0 aromatic heterocycles. The molecule has 1 nitrogen and oxygen atoms in total. The van der Waals surface area contributed by atoms with Crippen molar-refractivity contribution >= 4 is 15.9 Å². The van der Waals surface area contributed by atoms with Crippen molar-refractivity contribution in [3.63, 3.8) is 0 Å². The van der Waals surface area contributed by atoms with E-state index in [1.165, 1.54) is 11.1 Å². The van der Waals surface area contributed by atoms with Gasteiger partial charge in [0.05, 0.1) is 12.7 Å². The van der Waals surface area contributed by atoms with Gasteiger partial charge in [0.1, 0.15) is 0 Å². The van der Waals surface area contributed by atoms with Crippen LogP contribution in [0, 0.1) is 5.92 Å². The molecule has 82 valence electrons. The van der Waals surface area contributed by atoms with E-state index in [1.807, 2.05) is 0 Å². The first kappa shape index (κ1) is 11.2. The van der Waals surface area contributed by atoms with Crippen LogP contribution in [0.3, 0.4) is 0 Å². The van der Waals surface area contributed by atoms with E-state index >= 15 is 0 Å². The van der Waals surface area contributed by atoms with E-state index in [4.69, 9.17) is 4.74 Å². The van der Waals surface area contributed by atoms with Crippen LogP contribution < -0.4 is 0 Å². The van der Waals surface area contributed by atoms with Crippen LogP contribution in [0.2, 0.25) is 0 Å². The van der Waals surface area contributed by atoms with Crippen molar-refractivity contribution in [2.24, 2.45) is 5.92 Å². The van der Waals surface area contributed by atoms with E-state index in [9.17, 15) is 0 Å². The average Bonchev–Trinajstić information content (AvgIpc) is 2.19. The Hall–Kier alpha value is -0.340. The van der Waals surface area contributed by atoms with Gasteiger partial charge in [-0.2, -0.15) is 0 Å². The van der Waals surface area contributed by atoms with Crippen molar-refractivity contribution in [2.75, 3.05) is 6.61 Å². The Balaban J connectivity index is 2.45.